The Labute approximate surface area is 664 Å². The largest absolute Gasteiger partial charge is 0.508 e. The third kappa shape index (κ3) is 20.6. The monoisotopic (exact) mass is 1600 g/mol. The van der Waals surface area contributed by atoms with Crippen LogP contribution in [0.15, 0.2) is 199 Å². The van der Waals surface area contributed by atoms with Crippen molar-refractivity contribution in [2.75, 3.05) is 39.6 Å². The molecule has 3 N–H and O–H groups in total. The van der Waals surface area contributed by atoms with Crippen molar-refractivity contribution in [3.05, 3.63) is 249 Å². The molecule has 0 radical (unpaired) electrons. The summed E-state index contributed by atoms with van der Waals surface area (Å²) in [5.41, 5.74) is 22.7. The Bertz CT molecular complexity index is 5130. The number of fused-ring (bicyclic) bond motifs is 3. The van der Waals surface area contributed by atoms with Crippen molar-refractivity contribution in [2.45, 2.75) is 143 Å². The van der Waals surface area contributed by atoms with E-state index in [4.69, 9.17) is 59.7 Å². The van der Waals surface area contributed by atoms with Gasteiger partial charge in [0.1, 0.15) is 40.4 Å². The molecule has 15 rings (SSSR count). The molecular weight excluding hydrogens is 1510 g/mol. The molecule has 6 aromatic carbocycles. The van der Waals surface area contributed by atoms with Crippen LogP contribution in [0.3, 0.4) is 0 Å². The van der Waals surface area contributed by atoms with Crippen LogP contribution < -0.4 is 9.47 Å². The number of nitrogens with zero attached hydrogens (tertiary/aromatic N) is 6. The Kier molecular flexibility index (Phi) is 26.7. The Morgan fingerprint density at radius 1 is 0.434 bits per heavy atom. The number of ether oxygens (including phenoxy) is 2. The predicted octanol–water partition coefficient (Wildman–Crippen LogP) is 21.4. The van der Waals surface area contributed by atoms with Crippen molar-refractivity contribution in [1.29, 1.82) is 0 Å². The minimum Gasteiger partial charge on any atom is -0.508 e. The lowest BCUT2D eigenvalue weighted by Gasteiger charge is -2.23. The van der Waals surface area contributed by atoms with Crippen LogP contribution in [-0.2, 0) is 51.1 Å². The van der Waals surface area contributed by atoms with E-state index < -0.39 is 35.2 Å². The molecule has 0 fully saturated rings. The maximum Gasteiger partial charge on any atom is 0.472 e. The molecule has 6 aliphatic rings. The lowest BCUT2D eigenvalue weighted by molar-refractivity contribution is 0.0826. The Balaban J connectivity index is 0.000000148. The highest BCUT2D eigenvalue weighted by molar-refractivity contribution is 7.57. The first-order valence-corrected chi connectivity index (χ1v) is 44.6. The molecule has 1 atom stereocenters. The lowest BCUT2D eigenvalue weighted by atomic mass is 9.87. The highest BCUT2D eigenvalue weighted by atomic mass is 35.5. The quantitative estimate of drug-likeness (QED) is 0.0363. The minimum atomic E-state index is -4.61. The third-order valence-electron chi connectivity index (χ3n) is 19.9. The molecule has 6 heterocycles. The second-order valence-corrected chi connectivity index (χ2v) is 36.2. The summed E-state index contributed by atoms with van der Waals surface area (Å²) in [6.07, 6.45) is 22.2. The highest BCUT2D eigenvalue weighted by Gasteiger charge is 2.37. The van der Waals surface area contributed by atoms with Gasteiger partial charge in [0.15, 0.2) is 21.0 Å². The van der Waals surface area contributed by atoms with Crippen LogP contribution in [0, 0.1) is 0 Å². The maximum atomic E-state index is 13.8. The van der Waals surface area contributed by atoms with Crippen LogP contribution in [0.4, 0.5) is 0 Å². The molecule has 0 saturated carbocycles. The van der Waals surface area contributed by atoms with Gasteiger partial charge >= 0.3 is 15.4 Å². The third-order valence-corrected chi connectivity index (χ3v) is 22.8. The van der Waals surface area contributed by atoms with Crippen molar-refractivity contribution in [3.63, 3.8) is 0 Å². The number of phosphoric ester groups is 1. The van der Waals surface area contributed by atoms with E-state index in [1.165, 1.54) is 49.1 Å². The maximum absolute atomic E-state index is 13.8. The average Bonchev–Trinajstić information content (AvgIpc) is 1.61. The fourth-order valence-electron chi connectivity index (χ4n) is 15.0. The van der Waals surface area contributed by atoms with Crippen molar-refractivity contribution in [3.8, 4) is 51.0 Å². The standard InChI is InChI=1S/C29H31N2O4P.C27H27N2O6P.C26H24N2O2.C6H14ClO3P/c1-20-18-25-27(21-10-6-4-7-11-21)28(23-12-8-5-9-13-23)30-31(25)29(32)26(20)22-14-16-24(17-15-22)34-19-35-36(2,3)33;1-18-16-23-25(19-8-4-2-5-9-19)26(21-10-6-3-7-11-21)28-29(23)27(30)24(18)20-12-14-22(15-13-20)34-17-35-36(31,32)33;1-17-16-22-24(18-8-4-2-5-9-18)25(20-10-6-3-7-11-20)27-28(22)26(30)23(17)19-12-14-21(29)15-13-19;1-6(2,3)10-11(4,8)9-5-7/h5,8-10,12-17H,4,6-7,11,18-19H2,1-3H3;3,6-8,10-15H,2,4-5,9,16-17H2,1H3,(H2,31,32,33);3,6-8,10-15,29H,2,4-5,9,16H2,1H3;5H2,1-4H3. The molecule has 0 saturated heterocycles. The van der Waals surface area contributed by atoms with Crippen molar-refractivity contribution < 1.29 is 70.5 Å². The van der Waals surface area contributed by atoms with Gasteiger partial charge in [0.05, 0.1) is 22.7 Å². The van der Waals surface area contributed by atoms with E-state index in [-0.39, 0.29) is 36.3 Å². The minimum absolute atomic E-state index is 0.0815. The summed E-state index contributed by atoms with van der Waals surface area (Å²) >= 11 is 5.24. The molecule has 113 heavy (non-hydrogen) atoms. The second kappa shape index (κ2) is 36.4. The summed E-state index contributed by atoms with van der Waals surface area (Å²) in [4.78, 5) is 58.7. The van der Waals surface area contributed by atoms with E-state index in [0.29, 0.717) is 47.5 Å². The van der Waals surface area contributed by atoms with Gasteiger partial charge < -0.3 is 28.9 Å². The Morgan fingerprint density at radius 2 is 0.752 bits per heavy atom. The summed E-state index contributed by atoms with van der Waals surface area (Å²) in [7, 11) is -10.2. The topological polar surface area (TPSA) is 272 Å². The molecule has 0 amide bonds. The van der Waals surface area contributed by atoms with Gasteiger partial charge in [-0.3, -0.25) is 32.6 Å². The van der Waals surface area contributed by atoms with E-state index in [0.717, 1.165) is 152 Å². The number of phenolic OH excluding ortho intramolecular Hbond substituents is 1. The van der Waals surface area contributed by atoms with Crippen LogP contribution >= 0.6 is 34.4 Å². The number of benzene rings is 6. The van der Waals surface area contributed by atoms with Crippen LogP contribution in [0.1, 0.15) is 183 Å². The fourth-order valence-corrected chi connectivity index (χ4v) is 17.3. The van der Waals surface area contributed by atoms with E-state index in [1.54, 1.807) is 109 Å². The fraction of sp³-hybridized carbons (Fsp3) is 0.318. The van der Waals surface area contributed by atoms with Gasteiger partial charge in [-0.25, -0.2) is 9.09 Å². The summed E-state index contributed by atoms with van der Waals surface area (Å²) in [6.45, 7) is 15.3. The molecule has 590 valence electrons. The number of aromatic nitrogens is 6. The Hall–Kier alpha value is -9.46. The zero-order valence-corrected chi connectivity index (χ0v) is 68.6. The number of hydrogen-bond acceptors (Lipinski definition) is 16. The number of carbonyl (C=O) groups is 3. The molecule has 1 unspecified atom stereocenters. The van der Waals surface area contributed by atoms with E-state index in [9.17, 15) is 33.2 Å². The Morgan fingerprint density at radius 3 is 1.04 bits per heavy atom. The molecule has 0 bridgehead atoms. The number of rotatable bonds is 20. The van der Waals surface area contributed by atoms with Crippen molar-refractivity contribution in [1.82, 2.24) is 29.3 Å². The normalized spacial score (nSPS) is 16.4. The number of alkyl halides is 1. The van der Waals surface area contributed by atoms with Crippen LogP contribution in [0.2, 0.25) is 0 Å². The van der Waals surface area contributed by atoms with Gasteiger partial charge in [-0.1, -0.05) is 174 Å². The number of phosphoric acid groups is 1. The van der Waals surface area contributed by atoms with Crippen LogP contribution in [0.5, 0.6) is 17.2 Å². The number of halogens is 1. The zero-order chi connectivity index (χ0) is 80.4. The van der Waals surface area contributed by atoms with Crippen LogP contribution in [-0.4, -0.2) is 107 Å². The molecule has 21 nitrogen and oxygen atoms in total. The van der Waals surface area contributed by atoms with Crippen molar-refractivity contribution in [2.24, 2.45) is 0 Å². The van der Waals surface area contributed by atoms with Crippen molar-refractivity contribution >= 4 is 85.5 Å². The molecule has 25 heteroatoms. The molecule has 9 aromatic rings. The predicted molar refractivity (Wildman–Crippen MR) is 445 cm³/mol. The molecule has 3 aliphatic heterocycles. The lowest BCUT2D eigenvalue weighted by Crippen LogP contribution is -2.23. The van der Waals surface area contributed by atoms with Crippen LogP contribution in [0.25, 0.3) is 67.2 Å². The van der Waals surface area contributed by atoms with Gasteiger partial charge in [0, 0.05) is 89.4 Å². The molecule has 3 aromatic heterocycles. The number of phenols is 1. The molecular formula is C88H96ClN6O15P3. The summed E-state index contributed by atoms with van der Waals surface area (Å²) in [5.74, 6) is 0.769. The van der Waals surface area contributed by atoms with Gasteiger partial charge in [0.25, 0.3) is 17.7 Å². The number of aromatic hydroxyl groups is 1. The molecule has 3 aliphatic carbocycles. The smallest absolute Gasteiger partial charge is 0.472 e. The molecule has 0 spiro atoms. The van der Waals surface area contributed by atoms with Gasteiger partial charge in [-0.05, 0) is 188 Å². The summed E-state index contributed by atoms with van der Waals surface area (Å²) in [5, 5.41) is 24.2. The van der Waals surface area contributed by atoms with Gasteiger partial charge in [-0.15, -0.1) is 0 Å². The van der Waals surface area contributed by atoms with Gasteiger partial charge in [0.2, 0.25) is 0 Å². The van der Waals surface area contributed by atoms with E-state index in [1.807, 2.05) is 99.6 Å². The van der Waals surface area contributed by atoms with E-state index in [2.05, 4.69) is 47.0 Å². The first-order chi connectivity index (χ1) is 54.0. The van der Waals surface area contributed by atoms with E-state index >= 15 is 0 Å². The summed E-state index contributed by atoms with van der Waals surface area (Å²) < 4.78 is 68.7. The highest BCUT2D eigenvalue weighted by Crippen LogP contribution is 2.49. The average molecular weight is 1610 g/mol. The summed E-state index contributed by atoms with van der Waals surface area (Å²) in [6, 6.07) is 51.1. The second-order valence-electron chi connectivity index (χ2n) is 30.0. The number of allylic oxidation sites excluding steroid dienone is 12. The SMILES string of the molecule is CC(C)(C)OP(C)(=O)OCCl.CC1=C(c2ccc(O)cc2)C(=O)n2nc(-c3ccccc3)c(C3=CCCCC3)c2C1.CC1=C(c2ccc(OCOP(=O)(O)O)cc2)C(=O)n2nc(-c3ccccc3)c(C3=CCCCC3)c2C1.CC1=C(c2ccc(OCOP(C)(C)=O)cc2)C(=O)n2nc(-c3ccccc3)c(C3=CCCCC3)c2C1. The first-order valence-electron chi connectivity index (χ1n) is 38.0. The van der Waals surface area contributed by atoms with Gasteiger partial charge in [-0.2, -0.15) is 29.3 Å². The number of carbonyl (C=O) groups excluding carboxylic acids is 3. The first kappa shape index (κ1) is 83.0. The number of hydrogen-bond donors (Lipinski definition) is 3. The zero-order valence-electron chi connectivity index (χ0n) is 65.2.